The van der Waals surface area contributed by atoms with E-state index >= 15 is 0 Å². The number of likely N-dealkylation sites (tertiary alicyclic amines) is 1. The van der Waals surface area contributed by atoms with Gasteiger partial charge in [0.05, 0.1) is 25.4 Å². The molecule has 0 bridgehead atoms. The van der Waals surface area contributed by atoms with Crippen molar-refractivity contribution in [2.75, 3.05) is 26.3 Å². The van der Waals surface area contributed by atoms with Crippen molar-refractivity contribution in [3.8, 4) is 0 Å². The molecule has 3 unspecified atom stereocenters. The average molecular weight is 347 g/mol. The van der Waals surface area contributed by atoms with Crippen molar-refractivity contribution in [1.29, 1.82) is 0 Å². The molecule has 0 spiro atoms. The minimum atomic E-state index is 0.0965. The maximum atomic E-state index is 12.4. The van der Waals surface area contributed by atoms with Crippen molar-refractivity contribution < 1.29 is 13.9 Å². The van der Waals surface area contributed by atoms with Crippen LogP contribution < -0.4 is 5.32 Å². The molecule has 3 aliphatic rings. The average Bonchev–Trinajstić information content (AvgIpc) is 3.23. The van der Waals surface area contributed by atoms with Gasteiger partial charge in [0.15, 0.2) is 0 Å². The van der Waals surface area contributed by atoms with Gasteiger partial charge < -0.3 is 14.5 Å². The third-order valence-corrected chi connectivity index (χ3v) is 5.92. The number of aryl methyl sites for hydroxylation is 1. The van der Waals surface area contributed by atoms with Gasteiger partial charge in [0, 0.05) is 31.6 Å². The zero-order valence-electron chi connectivity index (χ0n) is 15.2. The van der Waals surface area contributed by atoms with Crippen LogP contribution in [0.15, 0.2) is 16.5 Å². The molecule has 0 aliphatic carbocycles. The van der Waals surface area contributed by atoms with E-state index in [9.17, 15) is 4.79 Å². The number of rotatable bonds is 3. The highest BCUT2D eigenvalue weighted by Gasteiger charge is 2.40. The van der Waals surface area contributed by atoms with Gasteiger partial charge in [-0.3, -0.25) is 14.6 Å². The Hall–Kier alpha value is -1.37. The number of carbonyl (C=O) groups is 1. The SMILES string of the molecule is Cc1ccc(C2CCCN2C2CC(N3CCOC[C@H]3C)CC(=O)N2)o1. The molecule has 4 rings (SSSR count). The predicted octanol–water partition coefficient (Wildman–Crippen LogP) is 2.05. The first-order valence-electron chi connectivity index (χ1n) is 9.57. The van der Waals surface area contributed by atoms with Crippen LogP contribution in [0.4, 0.5) is 0 Å². The predicted molar refractivity (Wildman–Crippen MR) is 94.1 cm³/mol. The van der Waals surface area contributed by atoms with E-state index in [-0.39, 0.29) is 18.1 Å². The fraction of sp³-hybridized carbons (Fsp3) is 0.737. The third kappa shape index (κ3) is 3.48. The topological polar surface area (TPSA) is 58.0 Å². The van der Waals surface area contributed by atoms with Crippen LogP contribution >= 0.6 is 0 Å². The molecule has 1 amide bonds. The van der Waals surface area contributed by atoms with Gasteiger partial charge in [-0.25, -0.2) is 0 Å². The molecule has 1 aromatic rings. The van der Waals surface area contributed by atoms with Crippen LogP contribution in [0.25, 0.3) is 0 Å². The highest BCUT2D eigenvalue weighted by atomic mass is 16.5. The largest absolute Gasteiger partial charge is 0.465 e. The van der Waals surface area contributed by atoms with E-state index in [0.717, 1.165) is 57.1 Å². The first-order chi connectivity index (χ1) is 12.1. The zero-order chi connectivity index (χ0) is 17.4. The first kappa shape index (κ1) is 17.1. The normalized spacial score (nSPS) is 35.0. The van der Waals surface area contributed by atoms with E-state index in [1.165, 1.54) is 0 Å². The molecule has 3 fully saturated rings. The molecule has 0 aromatic carbocycles. The Kier molecular flexibility index (Phi) is 4.84. The quantitative estimate of drug-likeness (QED) is 0.907. The van der Waals surface area contributed by atoms with Crippen LogP contribution in [0.3, 0.4) is 0 Å². The maximum absolute atomic E-state index is 12.4. The zero-order valence-corrected chi connectivity index (χ0v) is 15.2. The number of ether oxygens (including phenoxy) is 1. The summed E-state index contributed by atoms with van der Waals surface area (Å²) in [6.07, 6.45) is 3.91. The second kappa shape index (κ2) is 7.09. The Balaban J connectivity index is 1.49. The minimum absolute atomic E-state index is 0.0965. The van der Waals surface area contributed by atoms with Crippen molar-refractivity contribution in [3.05, 3.63) is 23.7 Å². The van der Waals surface area contributed by atoms with Gasteiger partial charge in [-0.05, 0) is 45.2 Å². The number of furan rings is 1. The van der Waals surface area contributed by atoms with Crippen LogP contribution in [0, 0.1) is 6.92 Å². The van der Waals surface area contributed by atoms with E-state index in [0.29, 0.717) is 18.5 Å². The summed E-state index contributed by atoms with van der Waals surface area (Å²) < 4.78 is 11.5. The van der Waals surface area contributed by atoms with Crippen LogP contribution in [-0.4, -0.2) is 60.3 Å². The van der Waals surface area contributed by atoms with E-state index in [2.05, 4.69) is 28.1 Å². The molecule has 4 atom stereocenters. The summed E-state index contributed by atoms with van der Waals surface area (Å²) in [5, 5.41) is 3.24. The minimum Gasteiger partial charge on any atom is -0.465 e. The summed E-state index contributed by atoms with van der Waals surface area (Å²) in [5.74, 6) is 2.15. The van der Waals surface area contributed by atoms with E-state index in [1.807, 2.05) is 13.0 Å². The third-order valence-electron chi connectivity index (χ3n) is 5.92. The monoisotopic (exact) mass is 347 g/mol. The second-order valence-electron chi connectivity index (χ2n) is 7.68. The molecule has 1 N–H and O–H groups in total. The molecule has 1 aromatic heterocycles. The molecule has 6 nitrogen and oxygen atoms in total. The number of hydrogen-bond donors (Lipinski definition) is 1. The van der Waals surface area contributed by atoms with E-state index in [1.54, 1.807) is 0 Å². The van der Waals surface area contributed by atoms with Gasteiger partial charge in [-0.2, -0.15) is 0 Å². The Morgan fingerprint density at radius 2 is 2.12 bits per heavy atom. The van der Waals surface area contributed by atoms with Gasteiger partial charge in [-0.15, -0.1) is 0 Å². The van der Waals surface area contributed by atoms with Gasteiger partial charge in [0.1, 0.15) is 11.5 Å². The first-order valence-corrected chi connectivity index (χ1v) is 9.57. The number of amides is 1. The van der Waals surface area contributed by atoms with E-state index in [4.69, 9.17) is 9.15 Å². The van der Waals surface area contributed by atoms with E-state index < -0.39 is 0 Å². The number of nitrogens with one attached hydrogen (secondary N) is 1. The van der Waals surface area contributed by atoms with Crippen LogP contribution in [0.5, 0.6) is 0 Å². The lowest BCUT2D eigenvalue weighted by molar-refractivity contribution is -0.130. The van der Waals surface area contributed by atoms with Crippen LogP contribution in [0.1, 0.15) is 50.2 Å². The highest BCUT2D eigenvalue weighted by molar-refractivity contribution is 5.77. The van der Waals surface area contributed by atoms with Crippen molar-refractivity contribution >= 4 is 5.91 Å². The van der Waals surface area contributed by atoms with Crippen molar-refractivity contribution in [1.82, 2.24) is 15.1 Å². The molecule has 6 heteroatoms. The summed E-state index contributed by atoms with van der Waals surface area (Å²) >= 11 is 0. The number of hydrogen-bond acceptors (Lipinski definition) is 5. The van der Waals surface area contributed by atoms with Gasteiger partial charge in [0.25, 0.3) is 0 Å². The fourth-order valence-electron chi connectivity index (χ4n) is 4.71. The Bertz CT molecular complexity index is 617. The lowest BCUT2D eigenvalue weighted by Crippen LogP contribution is -2.59. The summed E-state index contributed by atoms with van der Waals surface area (Å²) in [6.45, 7) is 7.66. The molecule has 138 valence electrons. The molecule has 0 radical (unpaired) electrons. The number of piperidine rings is 1. The molecule has 25 heavy (non-hydrogen) atoms. The molecule has 3 saturated heterocycles. The van der Waals surface area contributed by atoms with Crippen LogP contribution in [-0.2, 0) is 9.53 Å². The molecule has 0 saturated carbocycles. The fourth-order valence-corrected chi connectivity index (χ4v) is 4.71. The van der Waals surface area contributed by atoms with Gasteiger partial charge >= 0.3 is 0 Å². The summed E-state index contributed by atoms with van der Waals surface area (Å²) in [4.78, 5) is 17.3. The summed E-state index contributed by atoms with van der Waals surface area (Å²) in [7, 11) is 0. The lowest BCUT2D eigenvalue weighted by atomic mass is 9.98. The Morgan fingerprint density at radius 1 is 1.24 bits per heavy atom. The number of morpholine rings is 1. The lowest BCUT2D eigenvalue weighted by Gasteiger charge is -2.45. The van der Waals surface area contributed by atoms with Gasteiger partial charge in [0.2, 0.25) is 5.91 Å². The standard InChI is InChI=1S/C19H29N3O3/c1-13-12-24-9-8-21(13)15-10-18(20-19(23)11-15)22-7-3-4-16(22)17-6-5-14(2)25-17/h5-6,13,15-16,18H,3-4,7-12H2,1-2H3,(H,20,23)/t13-,15?,16?,18?/m1/s1. The number of carbonyl (C=O) groups excluding carboxylic acids is 1. The summed E-state index contributed by atoms with van der Waals surface area (Å²) in [6, 6.07) is 5.08. The molecule has 4 heterocycles. The smallest absolute Gasteiger partial charge is 0.222 e. The van der Waals surface area contributed by atoms with Crippen molar-refractivity contribution in [2.45, 2.75) is 63.8 Å². The Labute approximate surface area is 149 Å². The molecule has 3 aliphatic heterocycles. The molecular formula is C19H29N3O3. The van der Waals surface area contributed by atoms with Crippen molar-refractivity contribution in [3.63, 3.8) is 0 Å². The molecular weight excluding hydrogens is 318 g/mol. The van der Waals surface area contributed by atoms with Crippen LogP contribution in [0.2, 0.25) is 0 Å². The Morgan fingerprint density at radius 3 is 2.88 bits per heavy atom. The number of nitrogens with zero attached hydrogens (tertiary/aromatic N) is 2. The summed E-state index contributed by atoms with van der Waals surface area (Å²) in [5.41, 5.74) is 0. The van der Waals surface area contributed by atoms with Crippen molar-refractivity contribution in [2.24, 2.45) is 0 Å². The maximum Gasteiger partial charge on any atom is 0.222 e. The highest BCUT2D eigenvalue weighted by Crippen LogP contribution is 2.36. The van der Waals surface area contributed by atoms with Gasteiger partial charge in [-0.1, -0.05) is 0 Å². The second-order valence-corrected chi connectivity index (χ2v) is 7.68.